The molecule has 0 aliphatic rings. The number of imidazole rings is 1. The minimum Gasteiger partial charge on any atom is -0.461 e. The molecule has 0 aromatic carbocycles. The molecule has 0 saturated heterocycles. The van der Waals surface area contributed by atoms with Crippen molar-refractivity contribution in [2.45, 2.75) is 20.3 Å². The predicted molar refractivity (Wildman–Crippen MR) is 81.1 cm³/mol. The number of anilines is 1. The van der Waals surface area contributed by atoms with Crippen LogP contribution >= 0.6 is 11.6 Å². The van der Waals surface area contributed by atoms with Crippen molar-refractivity contribution in [1.82, 2.24) is 15.0 Å². The molecule has 2 aromatic rings. The second-order valence-corrected chi connectivity index (χ2v) is 4.70. The SMILES string of the molecule is CCOC(=O)c1nc(NC(=O)c2cc(CC)ccn2)[nH]c1Cl. The lowest BCUT2D eigenvalue weighted by molar-refractivity contribution is 0.0520. The van der Waals surface area contributed by atoms with E-state index in [1.165, 1.54) is 0 Å². The van der Waals surface area contributed by atoms with Crippen LogP contribution in [0.4, 0.5) is 5.95 Å². The summed E-state index contributed by atoms with van der Waals surface area (Å²) < 4.78 is 4.81. The van der Waals surface area contributed by atoms with Crippen molar-refractivity contribution in [3.8, 4) is 0 Å². The van der Waals surface area contributed by atoms with Gasteiger partial charge in [0.1, 0.15) is 10.8 Å². The van der Waals surface area contributed by atoms with Crippen molar-refractivity contribution < 1.29 is 14.3 Å². The number of hydrogen-bond acceptors (Lipinski definition) is 5. The summed E-state index contributed by atoms with van der Waals surface area (Å²) in [5.74, 6) is -1.05. The fourth-order valence-corrected chi connectivity index (χ4v) is 1.94. The Morgan fingerprint density at radius 1 is 1.41 bits per heavy atom. The molecule has 0 radical (unpaired) electrons. The molecule has 116 valence electrons. The Bertz CT molecular complexity index is 699. The first-order chi connectivity index (χ1) is 10.5. The van der Waals surface area contributed by atoms with Crippen molar-refractivity contribution in [2.24, 2.45) is 0 Å². The van der Waals surface area contributed by atoms with Crippen LogP contribution in [-0.2, 0) is 11.2 Å². The number of aryl methyl sites for hydroxylation is 1. The number of carbonyl (C=O) groups excluding carboxylic acids is 2. The van der Waals surface area contributed by atoms with E-state index in [0.29, 0.717) is 0 Å². The maximum absolute atomic E-state index is 12.1. The molecule has 2 N–H and O–H groups in total. The smallest absolute Gasteiger partial charge is 0.360 e. The molecular formula is C14H15ClN4O3. The van der Waals surface area contributed by atoms with Gasteiger partial charge in [0, 0.05) is 6.20 Å². The van der Waals surface area contributed by atoms with Crippen molar-refractivity contribution in [3.05, 3.63) is 40.4 Å². The Hall–Kier alpha value is -2.41. The van der Waals surface area contributed by atoms with E-state index in [0.717, 1.165) is 12.0 Å². The minimum absolute atomic E-state index is 0.00372. The van der Waals surface area contributed by atoms with Gasteiger partial charge in [-0.2, -0.15) is 0 Å². The standard InChI is InChI=1S/C14H15ClN4O3/c1-3-8-5-6-16-9(7-8)12(20)19-14-17-10(11(15)18-14)13(21)22-4-2/h5-7H,3-4H2,1-2H3,(H2,17,18,19,20). The summed E-state index contributed by atoms with van der Waals surface area (Å²) in [6, 6.07) is 3.52. The Kier molecular flexibility index (Phi) is 5.11. The van der Waals surface area contributed by atoms with Gasteiger partial charge >= 0.3 is 5.97 Å². The second kappa shape index (κ2) is 7.04. The van der Waals surface area contributed by atoms with Crippen LogP contribution in [0.5, 0.6) is 0 Å². The van der Waals surface area contributed by atoms with Crippen LogP contribution in [0.15, 0.2) is 18.3 Å². The maximum atomic E-state index is 12.1. The van der Waals surface area contributed by atoms with E-state index in [2.05, 4.69) is 20.3 Å². The highest BCUT2D eigenvalue weighted by atomic mass is 35.5. The van der Waals surface area contributed by atoms with E-state index < -0.39 is 11.9 Å². The number of amides is 1. The van der Waals surface area contributed by atoms with Gasteiger partial charge in [0.15, 0.2) is 5.69 Å². The third-order valence-corrected chi connectivity index (χ3v) is 3.10. The summed E-state index contributed by atoms with van der Waals surface area (Å²) in [4.78, 5) is 34.2. The number of nitrogens with zero attached hydrogens (tertiary/aromatic N) is 2. The number of nitrogens with one attached hydrogen (secondary N) is 2. The Morgan fingerprint density at radius 2 is 2.18 bits per heavy atom. The van der Waals surface area contributed by atoms with Crippen LogP contribution < -0.4 is 5.32 Å². The Labute approximate surface area is 132 Å². The number of aromatic nitrogens is 3. The largest absolute Gasteiger partial charge is 0.461 e. The van der Waals surface area contributed by atoms with Gasteiger partial charge in [-0.3, -0.25) is 15.1 Å². The molecule has 22 heavy (non-hydrogen) atoms. The van der Waals surface area contributed by atoms with Crippen LogP contribution in [-0.4, -0.2) is 33.4 Å². The summed E-state index contributed by atoms with van der Waals surface area (Å²) >= 11 is 5.87. The average molecular weight is 323 g/mol. The van der Waals surface area contributed by atoms with E-state index in [9.17, 15) is 9.59 Å². The quantitative estimate of drug-likeness (QED) is 0.824. The van der Waals surface area contributed by atoms with Crippen LogP contribution in [0.25, 0.3) is 0 Å². The van der Waals surface area contributed by atoms with Gasteiger partial charge in [-0.25, -0.2) is 9.78 Å². The number of H-pyrrole nitrogens is 1. The molecule has 0 unspecified atom stereocenters. The summed E-state index contributed by atoms with van der Waals surface area (Å²) in [5, 5.41) is 2.51. The fourth-order valence-electron chi connectivity index (χ4n) is 1.74. The second-order valence-electron chi connectivity index (χ2n) is 4.33. The first-order valence-electron chi connectivity index (χ1n) is 6.74. The molecule has 2 aromatic heterocycles. The third kappa shape index (κ3) is 3.62. The highest BCUT2D eigenvalue weighted by Crippen LogP contribution is 2.17. The molecule has 0 spiro atoms. The highest BCUT2D eigenvalue weighted by Gasteiger charge is 2.19. The number of esters is 1. The van der Waals surface area contributed by atoms with Gasteiger partial charge in [0.05, 0.1) is 6.61 Å². The molecule has 2 rings (SSSR count). The number of carbonyl (C=O) groups is 2. The topological polar surface area (TPSA) is 97.0 Å². The van der Waals surface area contributed by atoms with E-state index in [1.807, 2.05) is 13.0 Å². The monoisotopic (exact) mass is 322 g/mol. The summed E-state index contributed by atoms with van der Waals surface area (Å²) in [6.45, 7) is 3.86. The number of ether oxygens (including phenoxy) is 1. The van der Waals surface area contributed by atoms with Crippen LogP contribution in [0, 0.1) is 0 Å². The average Bonchev–Trinajstić information content (AvgIpc) is 2.88. The lowest BCUT2D eigenvalue weighted by Crippen LogP contribution is -2.15. The Morgan fingerprint density at radius 3 is 2.86 bits per heavy atom. The third-order valence-electron chi connectivity index (χ3n) is 2.83. The van der Waals surface area contributed by atoms with E-state index in [1.54, 1.807) is 19.2 Å². The van der Waals surface area contributed by atoms with Gasteiger partial charge in [-0.05, 0) is 31.0 Å². The normalized spacial score (nSPS) is 10.3. The number of rotatable bonds is 5. The number of hydrogen-bond donors (Lipinski definition) is 2. The van der Waals surface area contributed by atoms with Gasteiger partial charge in [-0.1, -0.05) is 18.5 Å². The zero-order valence-corrected chi connectivity index (χ0v) is 12.9. The van der Waals surface area contributed by atoms with Gasteiger partial charge < -0.3 is 9.72 Å². The van der Waals surface area contributed by atoms with Crippen LogP contribution in [0.3, 0.4) is 0 Å². The number of aromatic amines is 1. The van der Waals surface area contributed by atoms with Crippen LogP contribution in [0.2, 0.25) is 5.15 Å². The Balaban J connectivity index is 2.15. The summed E-state index contributed by atoms with van der Waals surface area (Å²) in [7, 11) is 0. The first-order valence-corrected chi connectivity index (χ1v) is 7.11. The highest BCUT2D eigenvalue weighted by molar-refractivity contribution is 6.32. The molecule has 0 atom stereocenters. The molecular weight excluding hydrogens is 308 g/mol. The zero-order chi connectivity index (χ0) is 16.1. The molecule has 0 saturated carbocycles. The number of halogens is 1. The molecule has 0 fully saturated rings. The van der Waals surface area contributed by atoms with Crippen molar-refractivity contribution in [3.63, 3.8) is 0 Å². The molecule has 1 amide bonds. The predicted octanol–water partition coefficient (Wildman–Crippen LogP) is 2.45. The van der Waals surface area contributed by atoms with Gasteiger partial charge in [-0.15, -0.1) is 0 Å². The van der Waals surface area contributed by atoms with Gasteiger partial charge in [0.25, 0.3) is 5.91 Å². The first kappa shape index (κ1) is 16.0. The lowest BCUT2D eigenvalue weighted by Gasteiger charge is -2.02. The van der Waals surface area contributed by atoms with Crippen LogP contribution in [0.1, 0.15) is 40.4 Å². The molecule has 8 heteroatoms. The zero-order valence-electron chi connectivity index (χ0n) is 12.1. The molecule has 0 aliphatic heterocycles. The molecule has 2 heterocycles. The van der Waals surface area contributed by atoms with E-state index in [-0.39, 0.29) is 29.1 Å². The van der Waals surface area contributed by atoms with Crippen molar-refractivity contribution in [1.29, 1.82) is 0 Å². The molecule has 0 aliphatic carbocycles. The minimum atomic E-state index is -0.657. The fraction of sp³-hybridized carbons (Fsp3) is 0.286. The molecule has 0 bridgehead atoms. The van der Waals surface area contributed by atoms with E-state index in [4.69, 9.17) is 16.3 Å². The summed E-state index contributed by atoms with van der Waals surface area (Å²) in [5.41, 5.74) is 1.17. The van der Waals surface area contributed by atoms with Crippen molar-refractivity contribution in [2.75, 3.05) is 11.9 Å². The summed E-state index contributed by atoms with van der Waals surface area (Å²) in [6.07, 6.45) is 2.36. The lowest BCUT2D eigenvalue weighted by atomic mass is 10.2. The maximum Gasteiger partial charge on any atom is 0.360 e. The van der Waals surface area contributed by atoms with Crippen molar-refractivity contribution >= 4 is 29.4 Å². The molecule has 7 nitrogen and oxygen atoms in total. The number of pyridine rings is 1. The van der Waals surface area contributed by atoms with Gasteiger partial charge in [0.2, 0.25) is 5.95 Å². The van der Waals surface area contributed by atoms with E-state index >= 15 is 0 Å².